The molecule has 5 nitrogen and oxygen atoms in total. The van der Waals surface area contributed by atoms with Crippen LogP contribution in [-0.4, -0.2) is 44.5 Å². The summed E-state index contributed by atoms with van der Waals surface area (Å²) < 4.78 is 9.97. The highest BCUT2D eigenvalue weighted by Crippen LogP contribution is 2.12. The molecule has 0 heterocycles. The zero-order valence-electron chi connectivity index (χ0n) is 10.7. The Morgan fingerprint density at radius 2 is 2.22 bits per heavy atom. The number of ether oxygens (including phenoxy) is 2. The molecule has 0 aliphatic rings. The average Bonchev–Trinajstić information content (AvgIpc) is 2.38. The standard InChI is InChI=1S/C13H19NO4/c1-17-9-11(8-15)14-13(16)7-10-4-3-5-12(6-10)18-2/h3-6,11,15H,7-9H2,1-2H3,(H,14,16). The lowest BCUT2D eigenvalue weighted by Gasteiger charge is -2.15. The van der Waals surface area contributed by atoms with Gasteiger partial charge in [-0.1, -0.05) is 12.1 Å². The topological polar surface area (TPSA) is 67.8 Å². The van der Waals surface area contributed by atoms with Crippen molar-refractivity contribution in [2.75, 3.05) is 27.4 Å². The molecule has 100 valence electrons. The van der Waals surface area contributed by atoms with Crippen LogP contribution in [0.2, 0.25) is 0 Å². The lowest BCUT2D eigenvalue weighted by molar-refractivity contribution is -0.121. The van der Waals surface area contributed by atoms with Crippen molar-refractivity contribution in [1.29, 1.82) is 0 Å². The number of nitrogens with one attached hydrogen (secondary N) is 1. The van der Waals surface area contributed by atoms with E-state index in [1.165, 1.54) is 7.11 Å². The normalized spacial score (nSPS) is 11.9. The van der Waals surface area contributed by atoms with Gasteiger partial charge in [-0.2, -0.15) is 0 Å². The second-order valence-corrected chi connectivity index (χ2v) is 3.93. The third-order valence-electron chi connectivity index (χ3n) is 2.45. The Morgan fingerprint density at radius 3 is 2.83 bits per heavy atom. The first-order valence-electron chi connectivity index (χ1n) is 5.71. The monoisotopic (exact) mass is 253 g/mol. The molecule has 1 atom stereocenters. The lowest BCUT2D eigenvalue weighted by atomic mass is 10.1. The maximum atomic E-state index is 11.7. The van der Waals surface area contributed by atoms with Crippen molar-refractivity contribution in [3.05, 3.63) is 29.8 Å². The fraction of sp³-hybridized carbons (Fsp3) is 0.462. The summed E-state index contributed by atoms with van der Waals surface area (Å²) >= 11 is 0. The lowest BCUT2D eigenvalue weighted by Crippen LogP contribution is -2.41. The highest BCUT2D eigenvalue weighted by Gasteiger charge is 2.11. The van der Waals surface area contributed by atoms with E-state index in [-0.39, 0.29) is 25.0 Å². The molecule has 18 heavy (non-hydrogen) atoms. The quantitative estimate of drug-likeness (QED) is 0.736. The van der Waals surface area contributed by atoms with Crippen molar-refractivity contribution in [2.24, 2.45) is 0 Å². The van der Waals surface area contributed by atoms with Crippen molar-refractivity contribution in [3.8, 4) is 5.75 Å². The van der Waals surface area contributed by atoms with E-state index < -0.39 is 0 Å². The molecule has 0 radical (unpaired) electrons. The Bertz CT molecular complexity index is 381. The van der Waals surface area contributed by atoms with E-state index in [9.17, 15) is 4.79 Å². The Hall–Kier alpha value is -1.59. The largest absolute Gasteiger partial charge is 0.497 e. The van der Waals surface area contributed by atoms with Gasteiger partial charge >= 0.3 is 0 Å². The molecule has 0 saturated heterocycles. The number of aliphatic hydroxyl groups excluding tert-OH is 1. The van der Waals surface area contributed by atoms with E-state index in [1.54, 1.807) is 7.11 Å². The second kappa shape index (κ2) is 7.68. The van der Waals surface area contributed by atoms with Crippen LogP contribution in [0.5, 0.6) is 5.75 Å². The van der Waals surface area contributed by atoms with Crippen molar-refractivity contribution < 1.29 is 19.4 Å². The van der Waals surface area contributed by atoms with Gasteiger partial charge in [-0.25, -0.2) is 0 Å². The van der Waals surface area contributed by atoms with Gasteiger partial charge < -0.3 is 19.9 Å². The summed E-state index contributed by atoms with van der Waals surface area (Å²) in [5.74, 6) is 0.565. The van der Waals surface area contributed by atoms with Gasteiger partial charge in [0, 0.05) is 7.11 Å². The first-order valence-corrected chi connectivity index (χ1v) is 5.71. The molecule has 1 amide bonds. The maximum Gasteiger partial charge on any atom is 0.224 e. The number of hydrogen-bond donors (Lipinski definition) is 2. The van der Waals surface area contributed by atoms with Gasteiger partial charge in [0.25, 0.3) is 0 Å². The van der Waals surface area contributed by atoms with Crippen molar-refractivity contribution >= 4 is 5.91 Å². The minimum absolute atomic E-state index is 0.141. The molecule has 1 unspecified atom stereocenters. The van der Waals surface area contributed by atoms with Gasteiger partial charge in [0.1, 0.15) is 5.75 Å². The zero-order chi connectivity index (χ0) is 13.4. The van der Waals surface area contributed by atoms with Gasteiger partial charge in [-0.3, -0.25) is 4.79 Å². The number of methoxy groups -OCH3 is 2. The molecule has 0 saturated carbocycles. The van der Waals surface area contributed by atoms with E-state index >= 15 is 0 Å². The number of rotatable bonds is 7. The Morgan fingerprint density at radius 1 is 1.44 bits per heavy atom. The number of benzene rings is 1. The molecule has 0 fully saturated rings. The molecule has 5 heteroatoms. The van der Waals surface area contributed by atoms with Crippen LogP contribution in [-0.2, 0) is 16.0 Å². The van der Waals surface area contributed by atoms with Crippen LogP contribution in [0.3, 0.4) is 0 Å². The predicted octanol–water partition coefficient (Wildman–Crippen LogP) is 0.361. The van der Waals surface area contributed by atoms with Gasteiger partial charge in [0.15, 0.2) is 0 Å². The number of carbonyl (C=O) groups is 1. The SMILES string of the molecule is COCC(CO)NC(=O)Cc1cccc(OC)c1. The zero-order valence-corrected chi connectivity index (χ0v) is 10.7. The van der Waals surface area contributed by atoms with Crippen LogP contribution in [0.25, 0.3) is 0 Å². The first kappa shape index (κ1) is 14.5. The molecule has 1 aromatic rings. The minimum Gasteiger partial charge on any atom is -0.497 e. The third-order valence-corrected chi connectivity index (χ3v) is 2.45. The van der Waals surface area contributed by atoms with Crippen LogP contribution in [0.1, 0.15) is 5.56 Å². The molecule has 0 aliphatic heterocycles. The Labute approximate surface area is 107 Å². The molecular formula is C13H19NO4. The van der Waals surface area contributed by atoms with E-state index in [0.717, 1.165) is 11.3 Å². The molecule has 2 N–H and O–H groups in total. The molecule has 1 rings (SSSR count). The van der Waals surface area contributed by atoms with Crippen molar-refractivity contribution in [3.63, 3.8) is 0 Å². The van der Waals surface area contributed by atoms with Crippen LogP contribution in [0.4, 0.5) is 0 Å². The summed E-state index contributed by atoms with van der Waals surface area (Å²) in [7, 11) is 3.11. The van der Waals surface area contributed by atoms with Crippen LogP contribution in [0.15, 0.2) is 24.3 Å². The second-order valence-electron chi connectivity index (χ2n) is 3.93. The number of hydrogen-bond acceptors (Lipinski definition) is 4. The van der Waals surface area contributed by atoms with E-state index in [1.807, 2.05) is 24.3 Å². The average molecular weight is 253 g/mol. The van der Waals surface area contributed by atoms with Gasteiger partial charge in [0.2, 0.25) is 5.91 Å². The summed E-state index contributed by atoms with van der Waals surface area (Å²) in [6.07, 6.45) is 0.247. The smallest absolute Gasteiger partial charge is 0.224 e. The van der Waals surface area contributed by atoms with Gasteiger partial charge in [0.05, 0.1) is 32.8 Å². The predicted molar refractivity (Wildman–Crippen MR) is 67.6 cm³/mol. The minimum atomic E-state index is -0.367. The number of aliphatic hydroxyl groups is 1. The summed E-state index contributed by atoms with van der Waals surface area (Å²) in [5.41, 5.74) is 0.862. The molecule has 1 aromatic carbocycles. The molecule has 0 bridgehead atoms. The van der Waals surface area contributed by atoms with Crippen LogP contribution in [0, 0.1) is 0 Å². The van der Waals surface area contributed by atoms with Crippen LogP contribution < -0.4 is 10.1 Å². The van der Waals surface area contributed by atoms with E-state index in [2.05, 4.69) is 5.32 Å². The summed E-state index contributed by atoms with van der Waals surface area (Å²) in [6, 6.07) is 6.95. The Balaban J connectivity index is 2.52. The summed E-state index contributed by atoms with van der Waals surface area (Å²) in [6.45, 7) is 0.151. The van der Waals surface area contributed by atoms with Crippen molar-refractivity contribution in [1.82, 2.24) is 5.32 Å². The van der Waals surface area contributed by atoms with E-state index in [0.29, 0.717) is 6.61 Å². The van der Waals surface area contributed by atoms with E-state index in [4.69, 9.17) is 14.6 Å². The van der Waals surface area contributed by atoms with Gasteiger partial charge in [-0.15, -0.1) is 0 Å². The maximum absolute atomic E-state index is 11.7. The fourth-order valence-electron chi connectivity index (χ4n) is 1.59. The summed E-state index contributed by atoms with van der Waals surface area (Å²) in [4.78, 5) is 11.7. The van der Waals surface area contributed by atoms with Crippen molar-refractivity contribution in [2.45, 2.75) is 12.5 Å². The molecule has 0 aromatic heterocycles. The van der Waals surface area contributed by atoms with Gasteiger partial charge in [-0.05, 0) is 17.7 Å². The Kier molecular flexibility index (Phi) is 6.18. The fourth-order valence-corrected chi connectivity index (χ4v) is 1.59. The highest BCUT2D eigenvalue weighted by molar-refractivity contribution is 5.79. The highest BCUT2D eigenvalue weighted by atomic mass is 16.5. The third kappa shape index (κ3) is 4.73. The first-order chi connectivity index (χ1) is 8.69. The molecular weight excluding hydrogens is 234 g/mol. The molecule has 0 aliphatic carbocycles. The number of carbonyl (C=O) groups excluding carboxylic acids is 1. The molecule has 0 spiro atoms. The summed E-state index contributed by atoms with van der Waals surface area (Å²) in [5, 5.41) is 11.7. The van der Waals surface area contributed by atoms with Crippen LogP contribution >= 0.6 is 0 Å². The number of amides is 1.